The smallest absolute Gasteiger partial charge is 0.334 e. The van der Waals surface area contributed by atoms with Crippen molar-refractivity contribution in [1.82, 2.24) is 25.1 Å². The van der Waals surface area contributed by atoms with Crippen LogP contribution in [0.25, 0.3) is 0 Å². The number of carbonyl (C=O) groups is 3. The normalized spacial score (nSPS) is 22.9. The zero-order valence-electron chi connectivity index (χ0n) is 22.0. The summed E-state index contributed by atoms with van der Waals surface area (Å²) in [6.07, 6.45) is 5.51. The van der Waals surface area contributed by atoms with Gasteiger partial charge in [-0.05, 0) is 42.0 Å². The summed E-state index contributed by atoms with van der Waals surface area (Å²) >= 11 is 0. The molecule has 2 aliphatic heterocycles. The SMILES string of the molecule is CN1CC(=O)N2[C@@H](Cc3ccc(O)cc3)C(=O)N(CC3CCCCC3)C[C@@H]2N1C(=O)NCc1ccccc1. The first-order chi connectivity index (χ1) is 18.4. The summed E-state index contributed by atoms with van der Waals surface area (Å²) in [6, 6.07) is 15.4. The minimum absolute atomic E-state index is 0.0112. The number of benzene rings is 2. The number of hydrogen-bond donors (Lipinski definition) is 2. The van der Waals surface area contributed by atoms with E-state index in [1.54, 1.807) is 46.2 Å². The number of rotatable bonds is 6. The van der Waals surface area contributed by atoms with E-state index in [2.05, 4.69) is 5.32 Å². The van der Waals surface area contributed by atoms with Crippen LogP contribution < -0.4 is 5.32 Å². The van der Waals surface area contributed by atoms with Crippen LogP contribution in [0.3, 0.4) is 0 Å². The fourth-order valence-electron chi connectivity index (χ4n) is 6.06. The Morgan fingerprint density at radius 3 is 2.39 bits per heavy atom. The zero-order chi connectivity index (χ0) is 26.6. The summed E-state index contributed by atoms with van der Waals surface area (Å²) in [7, 11) is 1.74. The van der Waals surface area contributed by atoms with Crippen molar-refractivity contribution in [3.8, 4) is 5.75 Å². The molecule has 1 saturated carbocycles. The maximum Gasteiger partial charge on any atom is 0.334 e. The van der Waals surface area contributed by atoms with Crippen molar-refractivity contribution < 1.29 is 19.5 Å². The van der Waals surface area contributed by atoms with Crippen molar-refractivity contribution in [2.24, 2.45) is 5.92 Å². The third-order valence-corrected chi connectivity index (χ3v) is 8.00. The van der Waals surface area contributed by atoms with Crippen molar-refractivity contribution in [1.29, 1.82) is 0 Å². The van der Waals surface area contributed by atoms with Crippen molar-refractivity contribution in [3.05, 3.63) is 65.7 Å². The Labute approximate surface area is 224 Å². The topological polar surface area (TPSA) is 96.4 Å². The van der Waals surface area contributed by atoms with Crippen LogP contribution in [0.1, 0.15) is 43.2 Å². The molecule has 2 atom stereocenters. The molecule has 0 bridgehead atoms. The molecule has 0 radical (unpaired) electrons. The fourth-order valence-corrected chi connectivity index (χ4v) is 6.06. The van der Waals surface area contributed by atoms with Gasteiger partial charge in [0.2, 0.25) is 11.8 Å². The lowest BCUT2D eigenvalue weighted by Crippen LogP contribution is -2.76. The third kappa shape index (κ3) is 5.62. The maximum atomic E-state index is 13.9. The third-order valence-electron chi connectivity index (χ3n) is 8.00. The number of aromatic hydroxyl groups is 1. The molecule has 38 heavy (non-hydrogen) atoms. The van der Waals surface area contributed by atoms with Gasteiger partial charge >= 0.3 is 6.03 Å². The van der Waals surface area contributed by atoms with Crippen LogP contribution in [0, 0.1) is 5.92 Å². The predicted octanol–water partition coefficient (Wildman–Crippen LogP) is 2.95. The molecular formula is C29H37N5O4. The molecule has 2 N–H and O–H groups in total. The number of amides is 4. The average Bonchev–Trinajstić information content (AvgIpc) is 2.92. The summed E-state index contributed by atoms with van der Waals surface area (Å²) in [5, 5.41) is 16.0. The van der Waals surface area contributed by atoms with Crippen molar-refractivity contribution in [3.63, 3.8) is 0 Å². The van der Waals surface area contributed by atoms with Crippen LogP contribution in [-0.2, 0) is 22.6 Å². The van der Waals surface area contributed by atoms with Crippen LogP contribution >= 0.6 is 0 Å². The van der Waals surface area contributed by atoms with Gasteiger partial charge in [-0.15, -0.1) is 0 Å². The van der Waals surface area contributed by atoms with E-state index in [0.29, 0.717) is 25.4 Å². The summed E-state index contributed by atoms with van der Waals surface area (Å²) < 4.78 is 0. The van der Waals surface area contributed by atoms with E-state index < -0.39 is 12.2 Å². The number of nitrogens with one attached hydrogen (secondary N) is 1. The van der Waals surface area contributed by atoms with E-state index >= 15 is 0 Å². The molecule has 0 aromatic heterocycles. The largest absolute Gasteiger partial charge is 0.508 e. The molecule has 1 aliphatic carbocycles. The fraction of sp³-hybridized carbons (Fsp3) is 0.483. The van der Waals surface area contributed by atoms with Gasteiger partial charge in [0.25, 0.3) is 0 Å². The van der Waals surface area contributed by atoms with Crippen LogP contribution in [0.2, 0.25) is 0 Å². The monoisotopic (exact) mass is 519 g/mol. The molecule has 0 unspecified atom stereocenters. The van der Waals surface area contributed by atoms with Crippen molar-refractivity contribution in [2.45, 2.75) is 57.3 Å². The first-order valence-electron chi connectivity index (χ1n) is 13.6. The Morgan fingerprint density at radius 2 is 1.68 bits per heavy atom. The summed E-state index contributed by atoms with van der Waals surface area (Å²) in [4.78, 5) is 44.3. The van der Waals surface area contributed by atoms with Gasteiger partial charge in [-0.25, -0.2) is 14.8 Å². The first-order valence-corrected chi connectivity index (χ1v) is 13.6. The maximum absolute atomic E-state index is 13.9. The molecule has 9 heteroatoms. The Kier molecular flexibility index (Phi) is 7.83. The molecule has 4 amide bonds. The van der Waals surface area contributed by atoms with Crippen LogP contribution in [0.15, 0.2) is 54.6 Å². The second-order valence-electron chi connectivity index (χ2n) is 10.7. The van der Waals surface area contributed by atoms with Gasteiger partial charge < -0.3 is 20.2 Å². The summed E-state index contributed by atoms with van der Waals surface area (Å²) in [5.41, 5.74) is 1.84. The number of nitrogens with zero attached hydrogens (tertiary/aromatic N) is 4. The highest BCUT2D eigenvalue weighted by Gasteiger charge is 2.50. The highest BCUT2D eigenvalue weighted by molar-refractivity contribution is 5.91. The summed E-state index contributed by atoms with van der Waals surface area (Å²) in [6.45, 7) is 1.31. The zero-order valence-corrected chi connectivity index (χ0v) is 22.0. The molecule has 5 rings (SSSR count). The van der Waals surface area contributed by atoms with E-state index in [0.717, 1.165) is 24.0 Å². The Bertz CT molecular complexity index is 1140. The van der Waals surface area contributed by atoms with Crippen LogP contribution in [0.4, 0.5) is 4.79 Å². The van der Waals surface area contributed by atoms with Gasteiger partial charge in [0.15, 0.2) is 0 Å². The lowest BCUT2D eigenvalue weighted by molar-refractivity contribution is -0.187. The molecular weight excluding hydrogens is 482 g/mol. The van der Waals surface area contributed by atoms with Crippen LogP contribution in [-0.4, -0.2) is 81.7 Å². The molecule has 2 aromatic carbocycles. The molecule has 2 heterocycles. The Morgan fingerprint density at radius 1 is 0.974 bits per heavy atom. The van der Waals surface area contributed by atoms with E-state index in [1.807, 2.05) is 35.2 Å². The van der Waals surface area contributed by atoms with Gasteiger partial charge in [-0.3, -0.25) is 9.59 Å². The molecule has 9 nitrogen and oxygen atoms in total. The van der Waals surface area contributed by atoms with Gasteiger partial charge in [0.1, 0.15) is 18.0 Å². The van der Waals surface area contributed by atoms with E-state index in [4.69, 9.17) is 0 Å². The standard InChI is InChI=1S/C29H37N5O4/c1-31-20-27(36)33-25(16-21-12-14-24(35)15-13-21)28(37)32(18-23-10-6-3-7-11-23)19-26(33)34(31)29(38)30-17-22-8-4-2-5-9-22/h2,4-5,8-9,12-15,23,25-26,35H,3,6-7,10-11,16-20H2,1H3,(H,30,38)/t25-,26-/m0/s1. The van der Waals surface area contributed by atoms with Crippen molar-refractivity contribution >= 4 is 17.8 Å². The highest BCUT2D eigenvalue weighted by atomic mass is 16.3. The number of phenolic OH excluding ortho intramolecular Hbond substituents is 1. The average molecular weight is 520 g/mol. The Balaban J connectivity index is 1.42. The number of hydrazine groups is 1. The van der Waals surface area contributed by atoms with E-state index in [-0.39, 0.29) is 36.7 Å². The van der Waals surface area contributed by atoms with Gasteiger partial charge in [-0.1, -0.05) is 61.7 Å². The van der Waals surface area contributed by atoms with Crippen LogP contribution in [0.5, 0.6) is 5.75 Å². The van der Waals surface area contributed by atoms with E-state index in [9.17, 15) is 19.5 Å². The van der Waals surface area contributed by atoms with Gasteiger partial charge in [-0.2, -0.15) is 0 Å². The lowest BCUT2D eigenvalue weighted by Gasteiger charge is -2.54. The number of urea groups is 1. The first kappa shape index (κ1) is 26.0. The number of phenols is 1. The molecule has 3 fully saturated rings. The summed E-state index contributed by atoms with van der Waals surface area (Å²) in [5.74, 6) is 0.352. The number of hydrogen-bond acceptors (Lipinski definition) is 5. The number of fused-ring (bicyclic) bond motifs is 1. The number of carbonyl (C=O) groups excluding carboxylic acids is 3. The number of likely N-dealkylation sites (N-methyl/N-ethyl adjacent to an activating group) is 1. The second-order valence-corrected chi connectivity index (χ2v) is 10.7. The minimum Gasteiger partial charge on any atom is -0.508 e. The minimum atomic E-state index is -0.715. The predicted molar refractivity (Wildman–Crippen MR) is 143 cm³/mol. The second kappa shape index (κ2) is 11.4. The quantitative estimate of drug-likeness (QED) is 0.612. The molecule has 0 spiro atoms. The highest BCUT2D eigenvalue weighted by Crippen LogP contribution is 2.31. The van der Waals surface area contributed by atoms with Gasteiger partial charge in [0.05, 0.1) is 13.1 Å². The molecule has 202 valence electrons. The molecule has 3 aliphatic rings. The Hall–Kier alpha value is -3.59. The van der Waals surface area contributed by atoms with E-state index in [1.165, 1.54) is 19.3 Å². The molecule has 2 saturated heterocycles. The van der Waals surface area contributed by atoms with Gasteiger partial charge in [0, 0.05) is 26.6 Å². The molecule has 2 aromatic rings. The lowest BCUT2D eigenvalue weighted by atomic mass is 9.88. The number of piperazine rings is 1. The van der Waals surface area contributed by atoms with Crippen molar-refractivity contribution in [2.75, 3.05) is 26.7 Å².